The highest BCUT2D eigenvalue weighted by Gasteiger charge is 2.13. The lowest BCUT2D eigenvalue weighted by Gasteiger charge is -2.16. The number of hydrazine groups is 1. The van der Waals surface area contributed by atoms with Gasteiger partial charge in [-0.25, -0.2) is 0 Å². The van der Waals surface area contributed by atoms with Gasteiger partial charge in [0.2, 0.25) is 0 Å². The minimum absolute atomic E-state index is 0.158. The second-order valence-electron chi connectivity index (χ2n) is 4.29. The molecule has 102 valence electrons. The maximum Gasteiger partial charge on any atom is 0.122 e. The molecule has 0 radical (unpaired) electrons. The van der Waals surface area contributed by atoms with E-state index >= 15 is 0 Å². The van der Waals surface area contributed by atoms with Crippen molar-refractivity contribution in [3.05, 3.63) is 51.2 Å². The summed E-state index contributed by atoms with van der Waals surface area (Å²) in [5.41, 5.74) is 4.02. The van der Waals surface area contributed by atoms with E-state index in [0.717, 1.165) is 28.5 Å². The molecule has 0 saturated carbocycles. The second kappa shape index (κ2) is 6.91. The maximum absolute atomic E-state index is 5.94. The molecule has 0 aliphatic heterocycles. The first kappa shape index (κ1) is 14.3. The summed E-state index contributed by atoms with van der Waals surface area (Å²) in [6, 6.07) is 12.1. The molecule has 2 aromatic rings. The Balaban J connectivity index is 2.06. The minimum atomic E-state index is 0.158. The van der Waals surface area contributed by atoms with Crippen LogP contribution in [0.25, 0.3) is 0 Å². The molecule has 1 aromatic heterocycles. The van der Waals surface area contributed by atoms with Gasteiger partial charge in [-0.1, -0.05) is 29.8 Å². The fraction of sp³-hybridized carbons (Fsp3) is 0.286. The van der Waals surface area contributed by atoms with Gasteiger partial charge in [0.25, 0.3) is 0 Å². The molecule has 0 aliphatic carbocycles. The van der Waals surface area contributed by atoms with E-state index in [9.17, 15) is 0 Å². The third-order valence-electron chi connectivity index (χ3n) is 2.97. The molecule has 1 atom stereocenters. The van der Waals surface area contributed by atoms with Crippen LogP contribution in [0.5, 0.6) is 5.75 Å². The van der Waals surface area contributed by atoms with Gasteiger partial charge in [0, 0.05) is 10.9 Å². The topological polar surface area (TPSA) is 47.3 Å². The number of para-hydroxylation sites is 1. The standard InChI is InChI=1S/C14H17ClN2OS/c1-18-13-5-3-2-4-10(13)8-11(17-16)9-12-6-7-14(15)19-12/h2-7,11,17H,8-9,16H2,1H3. The molecule has 0 saturated heterocycles. The van der Waals surface area contributed by atoms with Crippen LogP contribution in [-0.4, -0.2) is 13.2 Å². The minimum Gasteiger partial charge on any atom is -0.496 e. The van der Waals surface area contributed by atoms with Crippen LogP contribution in [0.4, 0.5) is 0 Å². The summed E-state index contributed by atoms with van der Waals surface area (Å²) >= 11 is 7.53. The SMILES string of the molecule is COc1ccccc1CC(Cc1ccc(Cl)s1)NN. The summed E-state index contributed by atoms with van der Waals surface area (Å²) in [5.74, 6) is 6.54. The molecule has 1 unspecified atom stereocenters. The average molecular weight is 297 g/mol. The molecule has 0 aliphatic rings. The molecule has 3 N–H and O–H groups in total. The van der Waals surface area contributed by atoms with Crippen molar-refractivity contribution >= 4 is 22.9 Å². The molecule has 3 nitrogen and oxygen atoms in total. The van der Waals surface area contributed by atoms with Gasteiger partial charge < -0.3 is 4.74 Å². The van der Waals surface area contributed by atoms with Crippen molar-refractivity contribution in [2.75, 3.05) is 7.11 Å². The predicted octanol–water partition coefficient (Wildman–Crippen LogP) is 3.03. The number of halogens is 1. The molecule has 1 aromatic carbocycles. The fourth-order valence-corrected chi connectivity index (χ4v) is 3.20. The Labute approximate surface area is 122 Å². The normalized spacial score (nSPS) is 12.4. The van der Waals surface area contributed by atoms with Crippen molar-refractivity contribution in [1.29, 1.82) is 0 Å². The zero-order valence-electron chi connectivity index (χ0n) is 10.7. The largest absolute Gasteiger partial charge is 0.496 e. The van der Waals surface area contributed by atoms with E-state index in [4.69, 9.17) is 22.2 Å². The molecular weight excluding hydrogens is 280 g/mol. The Morgan fingerprint density at radius 2 is 2.05 bits per heavy atom. The first-order valence-electron chi connectivity index (χ1n) is 6.05. The van der Waals surface area contributed by atoms with E-state index in [1.165, 1.54) is 4.88 Å². The average Bonchev–Trinajstić information content (AvgIpc) is 2.84. The van der Waals surface area contributed by atoms with Crippen molar-refractivity contribution < 1.29 is 4.74 Å². The van der Waals surface area contributed by atoms with Gasteiger partial charge in [-0.3, -0.25) is 11.3 Å². The van der Waals surface area contributed by atoms with Crippen molar-refractivity contribution in [3.8, 4) is 5.75 Å². The number of ether oxygens (including phenoxy) is 1. The Hall–Kier alpha value is -1.07. The van der Waals surface area contributed by atoms with Crippen LogP contribution in [0.1, 0.15) is 10.4 Å². The molecule has 0 fully saturated rings. The lowest BCUT2D eigenvalue weighted by atomic mass is 10.0. The Morgan fingerprint density at radius 3 is 2.68 bits per heavy atom. The predicted molar refractivity (Wildman–Crippen MR) is 80.8 cm³/mol. The smallest absolute Gasteiger partial charge is 0.122 e. The number of thiophene rings is 1. The van der Waals surface area contributed by atoms with Gasteiger partial charge in [0.1, 0.15) is 5.75 Å². The van der Waals surface area contributed by atoms with Gasteiger partial charge in [0.05, 0.1) is 11.4 Å². The Morgan fingerprint density at radius 1 is 1.26 bits per heavy atom. The zero-order valence-corrected chi connectivity index (χ0v) is 12.3. The van der Waals surface area contributed by atoms with Crippen molar-refractivity contribution in [3.63, 3.8) is 0 Å². The monoisotopic (exact) mass is 296 g/mol. The number of hydrogen-bond donors (Lipinski definition) is 2. The van der Waals surface area contributed by atoms with Gasteiger partial charge in [-0.2, -0.15) is 0 Å². The molecule has 0 spiro atoms. The summed E-state index contributed by atoms with van der Waals surface area (Å²) in [6.45, 7) is 0. The first-order valence-corrected chi connectivity index (χ1v) is 7.24. The number of hydrogen-bond acceptors (Lipinski definition) is 4. The van der Waals surface area contributed by atoms with Crippen LogP contribution in [0, 0.1) is 0 Å². The van der Waals surface area contributed by atoms with Crippen LogP contribution < -0.4 is 16.0 Å². The van der Waals surface area contributed by atoms with E-state index in [2.05, 4.69) is 11.5 Å². The fourth-order valence-electron chi connectivity index (χ4n) is 2.03. The van der Waals surface area contributed by atoms with E-state index in [0.29, 0.717) is 0 Å². The van der Waals surface area contributed by atoms with E-state index in [1.807, 2.05) is 30.3 Å². The highest BCUT2D eigenvalue weighted by Crippen LogP contribution is 2.24. The molecule has 19 heavy (non-hydrogen) atoms. The number of methoxy groups -OCH3 is 1. The lowest BCUT2D eigenvalue weighted by Crippen LogP contribution is -2.38. The van der Waals surface area contributed by atoms with Gasteiger partial charge in [-0.15, -0.1) is 11.3 Å². The third-order valence-corrected chi connectivity index (χ3v) is 4.22. The molecule has 1 heterocycles. The molecule has 0 amide bonds. The maximum atomic E-state index is 5.94. The lowest BCUT2D eigenvalue weighted by molar-refractivity contribution is 0.405. The zero-order chi connectivity index (χ0) is 13.7. The number of nitrogens with two attached hydrogens (primary N) is 1. The summed E-state index contributed by atoms with van der Waals surface area (Å²) in [6.07, 6.45) is 1.67. The Kier molecular flexibility index (Phi) is 5.22. The molecule has 0 bridgehead atoms. The van der Waals surface area contributed by atoms with Crippen LogP contribution in [0.2, 0.25) is 4.34 Å². The van der Waals surface area contributed by atoms with Crippen LogP contribution in [-0.2, 0) is 12.8 Å². The number of rotatable bonds is 6. The molecule has 5 heteroatoms. The third kappa shape index (κ3) is 3.94. The van der Waals surface area contributed by atoms with Crippen molar-refractivity contribution in [2.45, 2.75) is 18.9 Å². The van der Waals surface area contributed by atoms with Crippen LogP contribution in [0.3, 0.4) is 0 Å². The van der Waals surface area contributed by atoms with Crippen molar-refractivity contribution in [2.24, 2.45) is 5.84 Å². The number of benzene rings is 1. The van der Waals surface area contributed by atoms with E-state index in [-0.39, 0.29) is 6.04 Å². The highest BCUT2D eigenvalue weighted by molar-refractivity contribution is 7.16. The van der Waals surface area contributed by atoms with Crippen molar-refractivity contribution in [1.82, 2.24) is 5.43 Å². The highest BCUT2D eigenvalue weighted by atomic mass is 35.5. The van der Waals surface area contributed by atoms with Gasteiger partial charge in [0.15, 0.2) is 0 Å². The van der Waals surface area contributed by atoms with Gasteiger partial charge in [-0.05, 0) is 36.6 Å². The summed E-state index contributed by atoms with van der Waals surface area (Å²) in [7, 11) is 1.68. The molecular formula is C14H17ClN2OS. The summed E-state index contributed by atoms with van der Waals surface area (Å²) < 4.78 is 6.17. The molecule has 2 rings (SSSR count). The summed E-state index contributed by atoms with van der Waals surface area (Å²) in [4.78, 5) is 1.22. The van der Waals surface area contributed by atoms with Gasteiger partial charge >= 0.3 is 0 Å². The van der Waals surface area contributed by atoms with Crippen LogP contribution in [0.15, 0.2) is 36.4 Å². The second-order valence-corrected chi connectivity index (χ2v) is 6.09. The van der Waals surface area contributed by atoms with E-state index < -0.39 is 0 Å². The number of nitrogens with one attached hydrogen (secondary N) is 1. The quantitative estimate of drug-likeness (QED) is 0.636. The Bertz CT molecular complexity index is 530. The van der Waals surface area contributed by atoms with E-state index in [1.54, 1.807) is 18.4 Å². The first-order chi connectivity index (χ1) is 9.22. The summed E-state index contributed by atoms with van der Waals surface area (Å²) in [5, 5.41) is 0. The van der Waals surface area contributed by atoms with Crippen LogP contribution >= 0.6 is 22.9 Å².